The molecule has 27 heavy (non-hydrogen) atoms. The molecule has 0 saturated carbocycles. The lowest BCUT2D eigenvalue weighted by Gasteiger charge is -2.32. The summed E-state index contributed by atoms with van der Waals surface area (Å²) in [5, 5.41) is 1.02. The van der Waals surface area contributed by atoms with E-state index in [0.29, 0.717) is 6.42 Å². The lowest BCUT2D eigenvalue weighted by molar-refractivity contribution is -0.131. The van der Waals surface area contributed by atoms with Gasteiger partial charge < -0.3 is 14.2 Å². The average Bonchev–Trinajstić information content (AvgIpc) is 3.38. The summed E-state index contributed by atoms with van der Waals surface area (Å²) in [6, 6.07) is 18.3. The van der Waals surface area contributed by atoms with Gasteiger partial charge in [-0.25, -0.2) is 0 Å². The second kappa shape index (κ2) is 7.97. The Balaban J connectivity index is 1.55. The molecule has 1 atom stereocenters. The Kier molecular flexibility index (Phi) is 5.26. The maximum Gasteiger partial charge on any atom is 0.227 e. The van der Waals surface area contributed by atoms with Gasteiger partial charge in [-0.2, -0.15) is 0 Å². The van der Waals surface area contributed by atoms with Crippen molar-refractivity contribution in [3.8, 4) is 0 Å². The van der Waals surface area contributed by atoms with Gasteiger partial charge >= 0.3 is 0 Å². The fourth-order valence-electron chi connectivity index (χ4n) is 4.01. The second-order valence-electron chi connectivity index (χ2n) is 7.37. The van der Waals surface area contributed by atoms with Crippen LogP contribution in [-0.2, 0) is 11.2 Å². The Morgan fingerprint density at radius 2 is 1.85 bits per heavy atom. The second-order valence-corrected chi connectivity index (χ2v) is 7.37. The minimum atomic E-state index is 0.0698. The van der Waals surface area contributed by atoms with Gasteiger partial charge in [0, 0.05) is 19.0 Å². The third kappa shape index (κ3) is 3.91. The van der Waals surface area contributed by atoms with Gasteiger partial charge in [0.2, 0.25) is 5.91 Å². The monoisotopic (exact) mass is 362 g/mol. The molecular weight excluding hydrogens is 336 g/mol. The molecule has 1 amide bonds. The van der Waals surface area contributed by atoms with Crippen LogP contribution in [0.1, 0.15) is 30.0 Å². The number of fused-ring (bicyclic) bond motifs is 1. The molecule has 0 bridgehead atoms. The molecule has 0 N–H and O–H groups in total. The van der Waals surface area contributed by atoms with Crippen LogP contribution in [0.25, 0.3) is 11.0 Å². The zero-order valence-corrected chi connectivity index (χ0v) is 15.8. The molecule has 2 heterocycles. The molecule has 4 nitrogen and oxygen atoms in total. The molecular formula is C23H26N2O2. The van der Waals surface area contributed by atoms with Crippen molar-refractivity contribution >= 4 is 16.9 Å². The Morgan fingerprint density at radius 3 is 2.63 bits per heavy atom. The number of benzene rings is 2. The average molecular weight is 362 g/mol. The molecule has 0 aliphatic carbocycles. The number of hydrogen-bond acceptors (Lipinski definition) is 3. The van der Waals surface area contributed by atoms with Crippen LogP contribution in [0, 0.1) is 0 Å². The Bertz CT molecular complexity index is 897. The van der Waals surface area contributed by atoms with E-state index in [1.165, 1.54) is 18.4 Å². The molecule has 1 fully saturated rings. The highest BCUT2D eigenvalue weighted by atomic mass is 16.3. The molecule has 0 radical (unpaired) electrons. The van der Waals surface area contributed by atoms with Crippen molar-refractivity contribution in [2.24, 2.45) is 0 Å². The van der Waals surface area contributed by atoms with Crippen molar-refractivity contribution in [2.75, 3.05) is 26.7 Å². The number of carbonyl (C=O) groups excluding carboxylic acids is 1. The molecule has 0 unspecified atom stereocenters. The summed E-state index contributed by atoms with van der Waals surface area (Å²) in [4.78, 5) is 17.5. The number of amides is 1. The SMILES string of the molecule is CN(C(=O)Cc1cccc2occc12)[C@@H](CN1CCCC1)c1ccccc1. The van der Waals surface area contributed by atoms with Crippen molar-refractivity contribution in [1.29, 1.82) is 0 Å². The molecule has 1 saturated heterocycles. The molecule has 3 aromatic rings. The van der Waals surface area contributed by atoms with Gasteiger partial charge in [0.1, 0.15) is 5.58 Å². The van der Waals surface area contributed by atoms with E-state index in [4.69, 9.17) is 4.42 Å². The molecule has 4 rings (SSSR count). The van der Waals surface area contributed by atoms with E-state index in [1.54, 1.807) is 6.26 Å². The molecule has 1 aliphatic heterocycles. The number of carbonyl (C=O) groups is 1. The fourth-order valence-corrected chi connectivity index (χ4v) is 4.01. The molecule has 140 valence electrons. The third-order valence-corrected chi connectivity index (χ3v) is 5.60. The Hall–Kier alpha value is -2.59. The van der Waals surface area contributed by atoms with Crippen molar-refractivity contribution in [2.45, 2.75) is 25.3 Å². The first-order chi connectivity index (χ1) is 13.2. The lowest BCUT2D eigenvalue weighted by atomic mass is 10.0. The van der Waals surface area contributed by atoms with E-state index in [9.17, 15) is 4.79 Å². The van der Waals surface area contributed by atoms with Crippen LogP contribution in [-0.4, -0.2) is 42.4 Å². The van der Waals surface area contributed by atoms with E-state index in [1.807, 2.05) is 42.3 Å². The van der Waals surface area contributed by atoms with E-state index in [2.05, 4.69) is 29.2 Å². The largest absolute Gasteiger partial charge is 0.464 e. The van der Waals surface area contributed by atoms with Crippen LogP contribution in [0.3, 0.4) is 0 Å². The number of furan rings is 1. The van der Waals surface area contributed by atoms with Gasteiger partial charge in [-0.3, -0.25) is 4.79 Å². The smallest absolute Gasteiger partial charge is 0.227 e. The maximum atomic E-state index is 13.1. The van der Waals surface area contributed by atoms with Crippen LogP contribution in [0.4, 0.5) is 0 Å². The highest BCUT2D eigenvalue weighted by molar-refractivity contribution is 5.87. The predicted octanol–water partition coefficient (Wildman–Crippen LogP) is 4.27. The van der Waals surface area contributed by atoms with Gasteiger partial charge in [0.15, 0.2) is 0 Å². The minimum absolute atomic E-state index is 0.0698. The number of rotatable bonds is 6. The van der Waals surface area contributed by atoms with Gasteiger partial charge in [-0.05, 0) is 49.2 Å². The minimum Gasteiger partial charge on any atom is -0.464 e. The molecule has 4 heteroatoms. The summed E-state index contributed by atoms with van der Waals surface area (Å²) in [6.45, 7) is 3.14. The molecule has 1 aromatic heterocycles. The first-order valence-corrected chi connectivity index (χ1v) is 9.70. The normalized spacial score (nSPS) is 15.9. The summed E-state index contributed by atoms with van der Waals surface area (Å²) in [5.41, 5.74) is 3.05. The van der Waals surface area contributed by atoms with E-state index >= 15 is 0 Å². The lowest BCUT2D eigenvalue weighted by Crippen LogP contribution is -2.39. The Morgan fingerprint density at radius 1 is 1.07 bits per heavy atom. The first kappa shape index (κ1) is 17.8. The highest BCUT2D eigenvalue weighted by Gasteiger charge is 2.25. The first-order valence-electron chi connectivity index (χ1n) is 9.70. The summed E-state index contributed by atoms with van der Waals surface area (Å²) in [6.07, 6.45) is 4.57. The number of likely N-dealkylation sites (N-methyl/N-ethyl adjacent to an activating group) is 1. The van der Waals surface area contributed by atoms with E-state index in [-0.39, 0.29) is 11.9 Å². The quantitative estimate of drug-likeness (QED) is 0.657. The van der Waals surface area contributed by atoms with Crippen LogP contribution < -0.4 is 0 Å². The number of hydrogen-bond donors (Lipinski definition) is 0. The van der Waals surface area contributed by atoms with Gasteiger partial charge in [0.25, 0.3) is 0 Å². The van der Waals surface area contributed by atoms with Gasteiger partial charge in [-0.1, -0.05) is 42.5 Å². The molecule has 2 aromatic carbocycles. The van der Waals surface area contributed by atoms with Crippen LogP contribution in [0.15, 0.2) is 65.3 Å². The van der Waals surface area contributed by atoms with Crippen molar-refractivity contribution in [3.05, 3.63) is 72.0 Å². The number of likely N-dealkylation sites (tertiary alicyclic amines) is 1. The van der Waals surface area contributed by atoms with Crippen molar-refractivity contribution in [1.82, 2.24) is 9.80 Å². The topological polar surface area (TPSA) is 36.7 Å². The van der Waals surface area contributed by atoms with E-state index in [0.717, 1.165) is 36.2 Å². The van der Waals surface area contributed by atoms with Gasteiger partial charge in [-0.15, -0.1) is 0 Å². The maximum absolute atomic E-state index is 13.1. The summed E-state index contributed by atoms with van der Waals surface area (Å²) in [5.74, 6) is 0.136. The predicted molar refractivity (Wildman–Crippen MR) is 108 cm³/mol. The molecule has 1 aliphatic rings. The fraction of sp³-hybridized carbons (Fsp3) is 0.348. The van der Waals surface area contributed by atoms with Crippen molar-refractivity contribution < 1.29 is 9.21 Å². The van der Waals surface area contributed by atoms with Crippen molar-refractivity contribution in [3.63, 3.8) is 0 Å². The van der Waals surface area contributed by atoms with Gasteiger partial charge in [0.05, 0.1) is 18.7 Å². The van der Waals surface area contributed by atoms with Crippen LogP contribution in [0.5, 0.6) is 0 Å². The summed E-state index contributed by atoms with van der Waals surface area (Å²) < 4.78 is 5.47. The highest BCUT2D eigenvalue weighted by Crippen LogP contribution is 2.25. The molecule has 0 spiro atoms. The summed E-state index contributed by atoms with van der Waals surface area (Å²) in [7, 11) is 1.94. The Labute approximate surface area is 160 Å². The summed E-state index contributed by atoms with van der Waals surface area (Å²) >= 11 is 0. The van der Waals surface area contributed by atoms with Crippen LogP contribution >= 0.6 is 0 Å². The zero-order valence-electron chi connectivity index (χ0n) is 15.8. The third-order valence-electron chi connectivity index (χ3n) is 5.60. The number of nitrogens with zero attached hydrogens (tertiary/aromatic N) is 2. The van der Waals surface area contributed by atoms with Crippen LogP contribution in [0.2, 0.25) is 0 Å². The zero-order chi connectivity index (χ0) is 18.6. The van der Waals surface area contributed by atoms with E-state index < -0.39 is 0 Å². The standard InChI is InChI=1S/C23H26N2O2/c1-24(23(26)16-19-10-7-11-22-20(19)12-15-27-22)21(17-25-13-5-6-14-25)18-8-3-2-4-9-18/h2-4,7-12,15,21H,5-6,13-14,16-17H2,1H3/t21-/m0/s1.